The number of piperidine rings is 1. The van der Waals surface area contributed by atoms with Gasteiger partial charge in [0.1, 0.15) is 0 Å². The third-order valence-corrected chi connectivity index (χ3v) is 3.84. The van der Waals surface area contributed by atoms with Gasteiger partial charge in [-0.25, -0.2) is 0 Å². The van der Waals surface area contributed by atoms with Gasteiger partial charge in [-0.3, -0.25) is 4.79 Å². The molecule has 3 heteroatoms. The summed E-state index contributed by atoms with van der Waals surface area (Å²) in [6.07, 6.45) is 1.83. The fourth-order valence-corrected chi connectivity index (χ4v) is 2.54. The van der Waals surface area contributed by atoms with Gasteiger partial charge in [0.15, 0.2) is 0 Å². The van der Waals surface area contributed by atoms with Gasteiger partial charge in [0, 0.05) is 19.0 Å². The fraction of sp³-hybridized carbons (Fsp3) is 0.923. The molecule has 16 heavy (non-hydrogen) atoms. The predicted molar refractivity (Wildman–Crippen MR) is 67.0 cm³/mol. The van der Waals surface area contributed by atoms with E-state index in [0.717, 1.165) is 6.54 Å². The van der Waals surface area contributed by atoms with Crippen molar-refractivity contribution < 1.29 is 4.79 Å². The quantitative estimate of drug-likeness (QED) is 0.798. The number of carbonyl (C=O) groups is 1. The summed E-state index contributed by atoms with van der Waals surface area (Å²) in [5, 5.41) is 0. The third-order valence-electron chi connectivity index (χ3n) is 3.84. The predicted octanol–water partition coefficient (Wildman–Crippen LogP) is 1.86. The van der Waals surface area contributed by atoms with Crippen molar-refractivity contribution in [1.82, 2.24) is 4.90 Å². The molecule has 4 unspecified atom stereocenters. The molecule has 94 valence electrons. The van der Waals surface area contributed by atoms with Crippen LogP contribution in [0.3, 0.4) is 0 Å². The summed E-state index contributed by atoms with van der Waals surface area (Å²) in [5.41, 5.74) is 5.57. The van der Waals surface area contributed by atoms with E-state index < -0.39 is 0 Å². The Labute approximate surface area is 99.4 Å². The second-order valence-electron chi connectivity index (χ2n) is 5.65. The van der Waals surface area contributed by atoms with Crippen LogP contribution in [0.25, 0.3) is 0 Å². The van der Waals surface area contributed by atoms with E-state index in [4.69, 9.17) is 5.73 Å². The van der Waals surface area contributed by atoms with Crippen LogP contribution in [0.1, 0.15) is 40.5 Å². The summed E-state index contributed by atoms with van der Waals surface area (Å²) in [4.78, 5) is 14.2. The second kappa shape index (κ2) is 5.67. The third kappa shape index (κ3) is 3.21. The Morgan fingerprint density at radius 2 is 2.06 bits per heavy atom. The highest BCUT2D eigenvalue weighted by atomic mass is 16.2. The number of amides is 1. The molecular formula is C13H26N2O. The number of carbonyl (C=O) groups excluding carboxylic acids is 1. The van der Waals surface area contributed by atoms with E-state index in [0.29, 0.717) is 36.8 Å². The molecule has 1 rings (SSSR count). The second-order valence-corrected chi connectivity index (χ2v) is 5.65. The highest BCUT2D eigenvalue weighted by molar-refractivity contribution is 5.77. The number of nitrogens with zero attached hydrogens (tertiary/aromatic N) is 1. The van der Waals surface area contributed by atoms with Crippen molar-refractivity contribution >= 4 is 5.91 Å². The van der Waals surface area contributed by atoms with Gasteiger partial charge in [-0.1, -0.05) is 20.8 Å². The summed E-state index contributed by atoms with van der Waals surface area (Å²) in [6, 6.07) is 0.383. The maximum Gasteiger partial charge on any atom is 0.223 e. The SMILES string of the molecule is CC(CN)CC(=O)N1CC(C)CC(C)C1C. The first-order valence-corrected chi connectivity index (χ1v) is 6.45. The molecule has 2 N–H and O–H groups in total. The Hall–Kier alpha value is -0.570. The summed E-state index contributed by atoms with van der Waals surface area (Å²) < 4.78 is 0. The molecule has 1 heterocycles. The van der Waals surface area contributed by atoms with Crippen LogP contribution in [-0.4, -0.2) is 29.9 Å². The fourth-order valence-electron chi connectivity index (χ4n) is 2.54. The number of nitrogens with two attached hydrogens (primary N) is 1. The average Bonchev–Trinajstić information content (AvgIpc) is 2.22. The van der Waals surface area contributed by atoms with Crippen molar-refractivity contribution in [2.75, 3.05) is 13.1 Å². The van der Waals surface area contributed by atoms with Crippen LogP contribution in [0, 0.1) is 17.8 Å². The van der Waals surface area contributed by atoms with E-state index in [1.54, 1.807) is 0 Å². The number of hydrogen-bond acceptors (Lipinski definition) is 2. The lowest BCUT2D eigenvalue weighted by molar-refractivity contribution is -0.137. The highest BCUT2D eigenvalue weighted by Crippen LogP contribution is 2.27. The van der Waals surface area contributed by atoms with E-state index in [9.17, 15) is 4.79 Å². The first kappa shape index (κ1) is 13.5. The topological polar surface area (TPSA) is 46.3 Å². The van der Waals surface area contributed by atoms with Crippen LogP contribution >= 0.6 is 0 Å². The minimum Gasteiger partial charge on any atom is -0.339 e. The number of rotatable bonds is 3. The molecule has 1 aliphatic rings. The number of likely N-dealkylation sites (tertiary alicyclic amines) is 1. The molecule has 1 amide bonds. The minimum atomic E-state index is 0.281. The van der Waals surface area contributed by atoms with Gasteiger partial charge in [0.05, 0.1) is 0 Å². The number of hydrogen-bond donors (Lipinski definition) is 1. The normalized spacial score (nSPS) is 32.6. The van der Waals surface area contributed by atoms with E-state index >= 15 is 0 Å². The standard InChI is InChI=1S/C13H26N2O/c1-9(7-14)6-13(16)15-8-10(2)5-11(3)12(15)4/h9-12H,5-8,14H2,1-4H3. The van der Waals surface area contributed by atoms with Crippen LogP contribution in [-0.2, 0) is 4.79 Å². The molecular weight excluding hydrogens is 200 g/mol. The van der Waals surface area contributed by atoms with Crippen LogP contribution < -0.4 is 5.73 Å². The zero-order valence-electron chi connectivity index (χ0n) is 11.1. The monoisotopic (exact) mass is 226 g/mol. The Morgan fingerprint density at radius 3 is 2.62 bits per heavy atom. The van der Waals surface area contributed by atoms with Gasteiger partial charge in [0.25, 0.3) is 0 Å². The Bertz CT molecular complexity index is 242. The maximum atomic E-state index is 12.1. The average molecular weight is 226 g/mol. The van der Waals surface area contributed by atoms with Gasteiger partial charge in [-0.15, -0.1) is 0 Å². The van der Waals surface area contributed by atoms with Gasteiger partial charge < -0.3 is 10.6 Å². The molecule has 0 spiro atoms. The molecule has 0 aliphatic carbocycles. The molecule has 4 atom stereocenters. The van der Waals surface area contributed by atoms with Crippen LogP contribution in [0.5, 0.6) is 0 Å². The molecule has 0 bridgehead atoms. The lowest BCUT2D eigenvalue weighted by Gasteiger charge is -2.41. The summed E-state index contributed by atoms with van der Waals surface area (Å²) in [6.45, 7) is 10.2. The van der Waals surface area contributed by atoms with Gasteiger partial charge in [-0.2, -0.15) is 0 Å². The lowest BCUT2D eigenvalue weighted by Crippen LogP contribution is -2.49. The van der Waals surface area contributed by atoms with Crippen molar-refractivity contribution in [3.05, 3.63) is 0 Å². The van der Waals surface area contributed by atoms with E-state index in [2.05, 4.69) is 25.7 Å². The zero-order valence-corrected chi connectivity index (χ0v) is 11.1. The first-order chi connectivity index (χ1) is 7.45. The molecule has 3 nitrogen and oxygen atoms in total. The smallest absolute Gasteiger partial charge is 0.223 e. The molecule has 1 fully saturated rings. The van der Waals surface area contributed by atoms with Crippen molar-refractivity contribution in [2.24, 2.45) is 23.5 Å². The van der Waals surface area contributed by atoms with Gasteiger partial charge >= 0.3 is 0 Å². The molecule has 0 aromatic heterocycles. The largest absolute Gasteiger partial charge is 0.339 e. The molecule has 1 aliphatic heterocycles. The van der Waals surface area contributed by atoms with Gasteiger partial charge in [0.2, 0.25) is 5.91 Å². The highest BCUT2D eigenvalue weighted by Gasteiger charge is 2.31. The summed E-state index contributed by atoms with van der Waals surface area (Å²) in [5.74, 6) is 1.82. The molecule has 0 aromatic rings. The molecule has 1 saturated heterocycles. The Balaban J connectivity index is 2.59. The van der Waals surface area contributed by atoms with Gasteiger partial charge in [-0.05, 0) is 37.6 Å². The maximum absolute atomic E-state index is 12.1. The van der Waals surface area contributed by atoms with E-state index in [-0.39, 0.29) is 5.91 Å². The summed E-state index contributed by atoms with van der Waals surface area (Å²) >= 11 is 0. The molecule has 0 saturated carbocycles. The molecule has 0 aromatic carbocycles. The van der Waals surface area contributed by atoms with Crippen molar-refractivity contribution in [2.45, 2.75) is 46.6 Å². The lowest BCUT2D eigenvalue weighted by atomic mass is 9.85. The van der Waals surface area contributed by atoms with Crippen LogP contribution in [0.2, 0.25) is 0 Å². The van der Waals surface area contributed by atoms with Crippen molar-refractivity contribution in [1.29, 1.82) is 0 Å². The first-order valence-electron chi connectivity index (χ1n) is 6.45. The summed E-state index contributed by atoms with van der Waals surface area (Å²) in [7, 11) is 0. The van der Waals surface area contributed by atoms with Crippen molar-refractivity contribution in [3.63, 3.8) is 0 Å². The van der Waals surface area contributed by atoms with E-state index in [1.165, 1.54) is 6.42 Å². The van der Waals surface area contributed by atoms with E-state index in [1.807, 2.05) is 6.92 Å². The molecule has 0 radical (unpaired) electrons. The Kier molecular flexibility index (Phi) is 4.78. The van der Waals surface area contributed by atoms with Crippen LogP contribution in [0.4, 0.5) is 0 Å². The van der Waals surface area contributed by atoms with Crippen molar-refractivity contribution in [3.8, 4) is 0 Å². The van der Waals surface area contributed by atoms with Crippen LogP contribution in [0.15, 0.2) is 0 Å². The minimum absolute atomic E-state index is 0.281. The zero-order chi connectivity index (χ0) is 12.3. The Morgan fingerprint density at radius 1 is 1.44 bits per heavy atom.